The Bertz CT molecular complexity index is 870. The van der Waals surface area contributed by atoms with Crippen LogP contribution in [0, 0.1) is 0 Å². The van der Waals surface area contributed by atoms with E-state index in [1.807, 2.05) is 41.2 Å². The summed E-state index contributed by atoms with van der Waals surface area (Å²) in [5.74, 6) is 0.627. The normalized spacial score (nSPS) is 13.8. The van der Waals surface area contributed by atoms with E-state index >= 15 is 0 Å². The Hall–Kier alpha value is -1.82. The molecule has 10 heteroatoms. The second-order valence-electron chi connectivity index (χ2n) is 6.32. The van der Waals surface area contributed by atoms with Crippen molar-refractivity contribution in [2.45, 2.75) is 19.4 Å². The number of nitrogens with zero attached hydrogens (tertiary/aromatic N) is 4. The number of aryl methyl sites for hydroxylation is 1. The average Bonchev–Trinajstić information content (AvgIpc) is 3.33. The zero-order valence-electron chi connectivity index (χ0n) is 15.9. The van der Waals surface area contributed by atoms with Gasteiger partial charge in [-0.15, -0.1) is 24.0 Å². The number of sulfonamides is 1. The minimum atomic E-state index is -3.36. The SMILES string of the molecule is CN=C(NCCCn1cccn1)NCCS(=O)(=O)N1CCc2ccccc21.I. The largest absolute Gasteiger partial charge is 0.356 e. The molecule has 0 radical (unpaired) electrons. The van der Waals surface area contributed by atoms with Crippen LogP contribution in [0.25, 0.3) is 0 Å². The quantitative estimate of drug-likeness (QED) is 0.239. The first-order valence-electron chi connectivity index (χ1n) is 9.10. The number of aliphatic imine (C=N–C) groups is 1. The average molecular weight is 518 g/mol. The fraction of sp³-hybridized carbons (Fsp3) is 0.444. The van der Waals surface area contributed by atoms with Crippen LogP contribution in [0.15, 0.2) is 47.7 Å². The summed E-state index contributed by atoms with van der Waals surface area (Å²) in [6.07, 6.45) is 5.34. The monoisotopic (exact) mass is 518 g/mol. The van der Waals surface area contributed by atoms with Gasteiger partial charge >= 0.3 is 0 Å². The number of hydrogen-bond acceptors (Lipinski definition) is 4. The fourth-order valence-corrected chi connectivity index (χ4v) is 4.53. The van der Waals surface area contributed by atoms with E-state index in [-0.39, 0.29) is 29.7 Å². The number of nitrogens with one attached hydrogen (secondary N) is 2. The molecule has 0 unspecified atom stereocenters. The van der Waals surface area contributed by atoms with Gasteiger partial charge in [-0.25, -0.2) is 8.42 Å². The maximum atomic E-state index is 12.7. The molecule has 2 aromatic rings. The lowest BCUT2D eigenvalue weighted by molar-refractivity contribution is 0.570. The Kier molecular flexibility index (Phi) is 8.55. The van der Waals surface area contributed by atoms with E-state index in [1.165, 1.54) is 4.31 Å². The maximum absolute atomic E-state index is 12.7. The van der Waals surface area contributed by atoms with E-state index in [0.29, 0.717) is 19.0 Å². The first-order valence-corrected chi connectivity index (χ1v) is 10.7. The number of anilines is 1. The molecule has 28 heavy (non-hydrogen) atoms. The number of fused-ring (bicyclic) bond motifs is 1. The van der Waals surface area contributed by atoms with Gasteiger partial charge in [0.25, 0.3) is 0 Å². The lowest BCUT2D eigenvalue weighted by atomic mass is 10.2. The molecule has 1 aliphatic heterocycles. The smallest absolute Gasteiger partial charge is 0.236 e. The molecule has 0 atom stereocenters. The molecule has 154 valence electrons. The number of hydrogen-bond donors (Lipinski definition) is 2. The van der Waals surface area contributed by atoms with E-state index in [2.05, 4.69) is 20.7 Å². The highest BCUT2D eigenvalue weighted by molar-refractivity contribution is 14.0. The molecule has 2 heterocycles. The molecule has 2 N–H and O–H groups in total. The first-order chi connectivity index (χ1) is 13.1. The van der Waals surface area contributed by atoms with Crippen LogP contribution in [0.1, 0.15) is 12.0 Å². The van der Waals surface area contributed by atoms with Crippen molar-refractivity contribution in [3.05, 3.63) is 48.3 Å². The summed E-state index contributed by atoms with van der Waals surface area (Å²) in [7, 11) is -1.68. The van der Waals surface area contributed by atoms with Crippen molar-refractivity contribution >= 4 is 45.6 Å². The van der Waals surface area contributed by atoms with Crippen molar-refractivity contribution in [1.82, 2.24) is 20.4 Å². The molecule has 0 aliphatic carbocycles. The predicted molar refractivity (Wildman–Crippen MR) is 123 cm³/mol. The lowest BCUT2D eigenvalue weighted by Crippen LogP contribution is -2.42. The Balaban J connectivity index is 0.00000280. The summed E-state index contributed by atoms with van der Waals surface area (Å²) in [5, 5.41) is 10.4. The van der Waals surface area contributed by atoms with Crippen molar-refractivity contribution in [2.24, 2.45) is 4.99 Å². The number of para-hydroxylation sites is 1. The van der Waals surface area contributed by atoms with E-state index in [1.54, 1.807) is 13.2 Å². The Morgan fingerprint density at radius 3 is 2.75 bits per heavy atom. The van der Waals surface area contributed by atoms with Gasteiger partial charge in [0.2, 0.25) is 10.0 Å². The summed E-state index contributed by atoms with van der Waals surface area (Å²) in [4.78, 5) is 4.14. The van der Waals surface area contributed by atoms with Gasteiger partial charge in [-0.2, -0.15) is 5.10 Å². The van der Waals surface area contributed by atoms with Crippen LogP contribution >= 0.6 is 24.0 Å². The van der Waals surface area contributed by atoms with Crippen LogP contribution in [0.3, 0.4) is 0 Å². The van der Waals surface area contributed by atoms with Gasteiger partial charge in [-0.05, 0) is 30.5 Å². The Morgan fingerprint density at radius 2 is 2.00 bits per heavy atom. The minimum absolute atomic E-state index is 0. The molecular formula is C18H27IN6O2S. The molecule has 0 fully saturated rings. The Labute approximate surface area is 183 Å². The summed E-state index contributed by atoms with van der Waals surface area (Å²) < 4.78 is 28.7. The summed E-state index contributed by atoms with van der Waals surface area (Å²) >= 11 is 0. The van der Waals surface area contributed by atoms with Gasteiger partial charge in [0.15, 0.2) is 5.96 Å². The topological polar surface area (TPSA) is 91.6 Å². The van der Waals surface area contributed by atoms with Crippen molar-refractivity contribution < 1.29 is 8.42 Å². The van der Waals surface area contributed by atoms with Crippen LogP contribution in [-0.2, 0) is 23.0 Å². The molecule has 0 amide bonds. The number of benzene rings is 1. The fourth-order valence-electron chi connectivity index (χ4n) is 3.11. The molecule has 8 nitrogen and oxygen atoms in total. The highest BCUT2D eigenvalue weighted by atomic mass is 127. The van der Waals surface area contributed by atoms with Crippen molar-refractivity contribution in [3.8, 4) is 0 Å². The van der Waals surface area contributed by atoms with Crippen LogP contribution in [0.5, 0.6) is 0 Å². The third kappa shape index (κ3) is 5.84. The summed E-state index contributed by atoms with van der Waals surface area (Å²) in [6, 6.07) is 9.57. The van der Waals surface area contributed by atoms with Gasteiger partial charge in [-0.3, -0.25) is 14.0 Å². The Morgan fingerprint density at radius 1 is 1.21 bits per heavy atom. The molecule has 0 saturated heterocycles. The number of guanidine groups is 1. The van der Waals surface area contributed by atoms with Crippen molar-refractivity contribution in [1.29, 1.82) is 0 Å². The number of halogens is 1. The molecule has 1 aliphatic rings. The van der Waals surface area contributed by atoms with Gasteiger partial charge < -0.3 is 10.6 Å². The standard InChI is InChI=1S/C18H26N6O2S.HI/c1-19-18(20-9-4-12-23-13-5-10-22-23)21-11-15-27(25,26)24-14-8-16-6-2-3-7-17(16)24;/h2-3,5-7,10,13H,4,8-9,11-12,14-15H2,1H3,(H2,19,20,21);1H. The molecular weight excluding hydrogens is 491 g/mol. The highest BCUT2D eigenvalue weighted by Crippen LogP contribution is 2.29. The van der Waals surface area contributed by atoms with Crippen LogP contribution < -0.4 is 14.9 Å². The van der Waals surface area contributed by atoms with E-state index in [0.717, 1.165) is 37.2 Å². The zero-order valence-corrected chi connectivity index (χ0v) is 19.1. The van der Waals surface area contributed by atoms with E-state index < -0.39 is 10.0 Å². The molecule has 1 aromatic carbocycles. The van der Waals surface area contributed by atoms with E-state index in [4.69, 9.17) is 0 Å². The molecule has 0 saturated carbocycles. The van der Waals surface area contributed by atoms with Crippen molar-refractivity contribution in [3.63, 3.8) is 0 Å². The second kappa shape index (κ2) is 10.6. The molecule has 3 rings (SSSR count). The van der Waals surface area contributed by atoms with Gasteiger partial charge in [0.05, 0.1) is 11.4 Å². The van der Waals surface area contributed by atoms with Crippen LogP contribution in [-0.4, -0.2) is 56.6 Å². The van der Waals surface area contributed by atoms with E-state index in [9.17, 15) is 8.42 Å². The zero-order chi connectivity index (χ0) is 19.1. The minimum Gasteiger partial charge on any atom is -0.356 e. The summed E-state index contributed by atoms with van der Waals surface area (Å²) in [5.41, 5.74) is 1.89. The second-order valence-corrected chi connectivity index (χ2v) is 8.33. The molecule has 1 aromatic heterocycles. The number of aromatic nitrogens is 2. The third-order valence-corrected chi connectivity index (χ3v) is 6.24. The van der Waals surface area contributed by atoms with Crippen molar-refractivity contribution in [2.75, 3.05) is 36.7 Å². The third-order valence-electron chi connectivity index (χ3n) is 4.47. The van der Waals surface area contributed by atoms with Crippen LogP contribution in [0.2, 0.25) is 0 Å². The van der Waals surface area contributed by atoms with Crippen LogP contribution in [0.4, 0.5) is 5.69 Å². The predicted octanol–water partition coefficient (Wildman–Crippen LogP) is 1.45. The van der Waals surface area contributed by atoms with Gasteiger partial charge in [0.1, 0.15) is 0 Å². The van der Waals surface area contributed by atoms with Gasteiger partial charge in [-0.1, -0.05) is 18.2 Å². The maximum Gasteiger partial charge on any atom is 0.236 e. The molecule has 0 bridgehead atoms. The first kappa shape index (κ1) is 22.5. The molecule has 0 spiro atoms. The highest BCUT2D eigenvalue weighted by Gasteiger charge is 2.28. The number of rotatable bonds is 8. The summed E-state index contributed by atoms with van der Waals surface area (Å²) in [6.45, 7) is 2.37. The lowest BCUT2D eigenvalue weighted by Gasteiger charge is -2.20. The van der Waals surface area contributed by atoms with Gasteiger partial charge in [0, 0.05) is 45.6 Å².